The van der Waals surface area contributed by atoms with Crippen LogP contribution >= 0.6 is 0 Å². The number of piperazine rings is 1. The Bertz CT molecular complexity index is 889. The summed E-state index contributed by atoms with van der Waals surface area (Å²) >= 11 is 0. The first-order valence-electron chi connectivity index (χ1n) is 9.85. The summed E-state index contributed by atoms with van der Waals surface area (Å²) in [7, 11) is 3.76. The van der Waals surface area contributed by atoms with Crippen LogP contribution in [0.2, 0.25) is 0 Å². The fourth-order valence-corrected chi connectivity index (χ4v) is 4.15. The molecule has 1 aliphatic heterocycles. The fourth-order valence-electron chi connectivity index (χ4n) is 4.15. The van der Waals surface area contributed by atoms with Gasteiger partial charge >= 0.3 is 0 Å². The Morgan fingerprint density at radius 2 is 1.89 bits per heavy atom. The molecule has 5 heteroatoms. The van der Waals surface area contributed by atoms with Crippen LogP contribution in [0, 0.1) is 0 Å². The molecule has 0 unspecified atom stereocenters. The van der Waals surface area contributed by atoms with Crippen LogP contribution in [0.25, 0.3) is 16.5 Å². The summed E-state index contributed by atoms with van der Waals surface area (Å²) in [6, 6.07) is 4.12. The van der Waals surface area contributed by atoms with Gasteiger partial charge in [0.1, 0.15) is 17.1 Å². The van der Waals surface area contributed by atoms with Gasteiger partial charge in [-0.3, -0.25) is 4.79 Å². The summed E-state index contributed by atoms with van der Waals surface area (Å²) in [6.07, 6.45) is 6.23. The Labute approximate surface area is 160 Å². The number of ether oxygens (including phenoxy) is 1. The molecule has 0 saturated carbocycles. The van der Waals surface area contributed by atoms with E-state index in [-0.39, 0.29) is 5.91 Å². The standard InChI is InChI=1S/C22H28N2O3/c1-15(12-22(25)24-10-8-23(2)9-11-24)17-13-18-16-6-4-5-7-19(16)27-21(18)14-20(17)26-3/h12-14H,4-11H2,1-3H3/b15-12+. The van der Waals surface area contributed by atoms with Crippen molar-refractivity contribution >= 4 is 22.4 Å². The molecule has 144 valence electrons. The normalized spacial score (nSPS) is 18.6. The molecule has 2 aromatic rings. The molecular formula is C22H28N2O3. The van der Waals surface area contributed by atoms with Crippen LogP contribution in [-0.4, -0.2) is 56.0 Å². The van der Waals surface area contributed by atoms with E-state index in [1.165, 1.54) is 23.8 Å². The highest BCUT2D eigenvalue weighted by molar-refractivity contribution is 5.97. The Morgan fingerprint density at radius 3 is 2.63 bits per heavy atom. The van der Waals surface area contributed by atoms with Crippen molar-refractivity contribution in [2.45, 2.75) is 32.6 Å². The molecule has 0 bridgehead atoms. The van der Waals surface area contributed by atoms with Crippen molar-refractivity contribution in [1.82, 2.24) is 9.80 Å². The summed E-state index contributed by atoms with van der Waals surface area (Å²) in [5, 5.41) is 1.17. The lowest BCUT2D eigenvalue weighted by Crippen LogP contribution is -2.46. The number of allylic oxidation sites excluding steroid dienone is 1. The fraction of sp³-hybridized carbons (Fsp3) is 0.500. The van der Waals surface area contributed by atoms with Gasteiger partial charge in [0.25, 0.3) is 0 Å². The molecule has 2 heterocycles. The van der Waals surface area contributed by atoms with Gasteiger partial charge in [0.15, 0.2) is 0 Å². The van der Waals surface area contributed by atoms with Crippen molar-refractivity contribution in [1.29, 1.82) is 0 Å². The number of likely N-dealkylation sites (N-methyl/N-ethyl adjacent to an activating group) is 1. The van der Waals surface area contributed by atoms with Crippen LogP contribution in [0.15, 0.2) is 22.6 Å². The molecule has 2 aliphatic rings. The number of carbonyl (C=O) groups is 1. The SMILES string of the molecule is COc1cc2oc3c(c2cc1/C(C)=C/C(=O)N1CCN(C)CC1)CCCC3. The predicted octanol–water partition coefficient (Wildman–Crippen LogP) is 3.50. The third-order valence-corrected chi connectivity index (χ3v) is 5.86. The minimum absolute atomic E-state index is 0.0805. The zero-order chi connectivity index (χ0) is 19.0. The smallest absolute Gasteiger partial charge is 0.246 e. The summed E-state index contributed by atoms with van der Waals surface area (Å²) in [4.78, 5) is 16.9. The lowest BCUT2D eigenvalue weighted by Gasteiger charge is -2.31. The minimum Gasteiger partial charge on any atom is -0.496 e. The Morgan fingerprint density at radius 1 is 1.15 bits per heavy atom. The molecule has 0 spiro atoms. The topological polar surface area (TPSA) is 45.9 Å². The molecule has 27 heavy (non-hydrogen) atoms. The van der Waals surface area contributed by atoms with Crippen LogP contribution in [0.1, 0.15) is 36.7 Å². The van der Waals surface area contributed by atoms with Crippen molar-refractivity contribution in [2.24, 2.45) is 0 Å². The van der Waals surface area contributed by atoms with Gasteiger partial charge in [0.05, 0.1) is 7.11 Å². The number of amides is 1. The summed E-state index contributed by atoms with van der Waals surface area (Å²) in [5.74, 6) is 1.95. The summed E-state index contributed by atoms with van der Waals surface area (Å²) < 4.78 is 11.7. The van der Waals surface area contributed by atoms with Gasteiger partial charge in [-0.05, 0) is 44.9 Å². The molecule has 1 fully saturated rings. The first-order valence-corrected chi connectivity index (χ1v) is 9.85. The first kappa shape index (κ1) is 18.1. The van der Waals surface area contributed by atoms with Gasteiger partial charge in [-0.2, -0.15) is 0 Å². The van der Waals surface area contributed by atoms with Gasteiger partial charge in [0.2, 0.25) is 5.91 Å². The summed E-state index contributed by atoms with van der Waals surface area (Å²) in [5.41, 5.74) is 4.13. The largest absolute Gasteiger partial charge is 0.496 e. The average molecular weight is 368 g/mol. The molecule has 0 atom stereocenters. The lowest BCUT2D eigenvalue weighted by atomic mass is 9.94. The second-order valence-corrected chi connectivity index (χ2v) is 7.72. The van der Waals surface area contributed by atoms with E-state index in [0.717, 1.165) is 67.3 Å². The third kappa shape index (κ3) is 3.48. The monoisotopic (exact) mass is 368 g/mol. The second kappa shape index (κ2) is 7.39. The van der Waals surface area contributed by atoms with Gasteiger partial charge in [-0.25, -0.2) is 0 Å². The van der Waals surface area contributed by atoms with Gasteiger partial charge in [0, 0.05) is 61.3 Å². The molecule has 4 rings (SSSR count). The maximum atomic E-state index is 12.7. The van der Waals surface area contributed by atoms with Crippen LogP contribution in [0.4, 0.5) is 0 Å². The number of furan rings is 1. The van der Waals surface area contributed by atoms with Gasteiger partial charge in [-0.15, -0.1) is 0 Å². The number of carbonyl (C=O) groups excluding carboxylic acids is 1. The molecule has 5 nitrogen and oxygen atoms in total. The molecule has 1 amide bonds. The highest BCUT2D eigenvalue weighted by atomic mass is 16.5. The molecule has 1 aromatic heterocycles. The highest BCUT2D eigenvalue weighted by Crippen LogP contribution is 2.37. The van der Waals surface area contributed by atoms with Crippen molar-refractivity contribution in [3.8, 4) is 5.75 Å². The maximum Gasteiger partial charge on any atom is 0.246 e. The Hall–Kier alpha value is -2.27. The molecule has 1 aromatic carbocycles. The minimum atomic E-state index is 0.0805. The summed E-state index contributed by atoms with van der Waals surface area (Å²) in [6.45, 7) is 5.41. The van der Waals surface area contributed by atoms with Crippen molar-refractivity contribution in [3.05, 3.63) is 35.1 Å². The highest BCUT2D eigenvalue weighted by Gasteiger charge is 2.21. The lowest BCUT2D eigenvalue weighted by molar-refractivity contribution is -0.127. The van der Waals surface area contributed by atoms with Crippen molar-refractivity contribution in [3.63, 3.8) is 0 Å². The first-order chi connectivity index (χ1) is 13.1. The van der Waals surface area contributed by atoms with E-state index < -0.39 is 0 Å². The Balaban J connectivity index is 1.67. The van der Waals surface area contributed by atoms with E-state index in [1.54, 1.807) is 13.2 Å². The number of rotatable bonds is 3. The zero-order valence-electron chi connectivity index (χ0n) is 16.5. The Kier molecular flexibility index (Phi) is 4.96. The molecule has 1 aliphatic carbocycles. The van der Waals surface area contributed by atoms with Crippen molar-refractivity contribution < 1.29 is 13.9 Å². The van der Waals surface area contributed by atoms with E-state index in [1.807, 2.05) is 17.9 Å². The van der Waals surface area contributed by atoms with E-state index in [4.69, 9.17) is 9.15 Å². The van der Waals surface area contributed by atoms with Gasteiger partial charge in [-0.1, -0.05) is 0 Å². The van der Waals surface area contributed by atoms with E-state index >= 15 is 0 Å². The maximum absolute atomic E-state index is 12.7. The predicted molar refractivity (Wildman–Crippen MR) is 107 cm³/mol. The average Bonchev–Trinajstić information content (AvgIpc) is 3.04. The van der Waals surface area contributed by atoms with Gasteiger partial charge < -0.3 is 19.0 Å². The van der Waals surface area contributed by atoms with Crippen LogP contribution in [-0.2, 0) is 17.6 Å². The number of methoxy groups -OCH3 is 1. The molecule has 0 radical (unpaired) electrons. The zero-order valence-corrected chi connectivity index (χ0v) is 16.5. The van der Waals surface area contributed by atoms with Crippen LogP contribution in [0.3, 0.4) is 0 Å². The second-order valence-electron chi connectivity index (χ2n) is 7.72. The number of benzene rings is 1. The quantitative estimate of drug-likeness (QED) is 0.778. The molecule has 0 N–H and O–H groups in total. The van der Waals surface area contributed by atoms with E-state index in [2.05, 4.69) is 18.0 Å². The van der Waals surface area contributed by atoms with Crippen molar-refractivity contribution in [2.75, 3.05) is 40.3 Å². The van der Waals surface area contributed by atoms with Crippen LogP contribution < -0.4 is 4.74 Å². The third-order valence-electron chi connectivity index (χ3n) is 5.86. The van der Waals surface area contributed by atoms with Crippen LogP contribution in [0.5, 0.6) is 5.75 Å². The molecular weight excluding hydrogens is 340 g/mol. The number of fused-ring (bicyclic) bond motifs is 3. The number of aryl methyl sites for hydroxylation is 2. The number of hydrogen-bond acceptors (Lipinski definition) is 4. The van der Waals surface area contributed by atoms with E-state index in [9.17, 15) is 4.79 Å². The number of nitrogens with zero attached hydrogens (tertiary/aromatic N) is 2. The number of hydrogen-bond donors (Lipinski definition) is 0. The van der Waals surface area contributed by atoms with E-state index in [0.29, 0.717) is 0 Å². The molecule has 1 saturated heterocycles.